The minimum absolute atomic E-state index is 0.0144. The molecule has 0 aromatic heterocycles. The minimum Gasteiger partial charge on any atom is -0.493 e. The lowest BCUT2D eigenvalue weighted by Gasteiger charge is -2.13. The molecule has 0 spiro atoms. The highest BCUT2D eigenvalue weighted by atomic mass is 32.1. The normalized spacial score (nSPS) is 10.3. The Morgan fingerprint density at radius 2 is 1.67 bits per heavy atom. The topological polar surface area (TPSA) is 79.5 Å². The van der Waals surface area contributed by atoms with Gasteiger partial charge in [-0.2, -0.15) is 0 Å². The van der Waals surface area contributed by atoms with Crippen molar-refractivity contribution in [1.82, 2.24) is 16.2 Å². The third kappa shape index (κ3) is 5.55. The number of carbonyl (C=O) groups excluding carboxylic acids is 2. The lowest BCUT2D eigenvalue weighted by atomic mass is 10.0. The lowest BCUT2D eigenvalue weighted by Crippen LogP contribution is -2.48. The van der Waals surface area contributed by atoms with E-state index < -0.39 is 5.91 Å². The van der Waals surface area contributed by atoms with Crippen LogP contribution in [-0.2, 0) is 11.2 Å². The Morgan fingerprint density at radius 3 is 2.50 bits per heavy atom. The summed E-state index contributed by atoms with van der Waals surface area (Å²) in [6.07, 6.45) is 1.01. The molecule has 2 amide bonds. The van der Waals surface area contributed by atoms with E-state index in [1.54, 1.807) is 24.3 Å². The molecule has 30 heavy (non-hydrogen) atoms. The van der Waals surface area contributed by atoms with Crippen molar-refractivity contribution in [3.05, 3.63) is 77.9 Å². The van der Waals surface area contributed by atoms with Gasteiger partial charge in [-0.3, -0.25) is 20.4 Å². The number of nitrogens with one attached hydrogen (secondary N) is 3. The number of rotatable bonds is 6. The Labute approximate surface area is 180 Å². The van der Waals surface area contributed by atoms with Crippen molar-refractivity contribution in [3.8, 4) is 5.75 Å². The number of para-hydroxylation sites is 1. The van der Waals surface area contributed by atoms with Gasteiger partial charge in [0.05, 0.1) is 18.6 Å². The van der Waals surface area contributed by atoms with Gasteiger partial charge >= 0.3 is 0 Å². The molecule has 3 N–H and O–H groups in total. The SMILES string of the molecule is CCCOc1ccccc1C(=O)NNC(=S)NC(=O)Cc1cccc2ccccc12. The fraction of sp³-hybridized carbons (Fsp3) is 0.174. The molecule has 3 aromatic rings. The molecule has 7 heteroatoms. The van der Waals surface area contributed by atoms with E-state index in [9.17, 15) is 9.59 Å². The molecular formula is C23H23N3O3S. The quantitative estimate of drug-likeness (QED) is 0.419. The highest BCUT2D eigenvalue weighted by Crippen LogP contribution is 2.19. The van der Waals surface area contributed by atoms with Gasteiger partial charge in [-0.05, 0) is 47.1 Å². The van der Waals surface area contributed by atoms with Crippen LogP contribution in [-0.4, -0.2) is 23.5 Å². The number of hydrogen-bond acceptors (Lipinski definition) is 4. The van der Waals surface area contributed by atoms with Crippen LogP contribution in [0.5, 0.6) is 5.75 Å². The average molecular weight is 422 g/mol. The van der Waals surface area contributed by atoms with Crippen LogP contribution in [0.1, 0.15) is 29.3 Å². The van der Waals surface area contributed by atoms with Crippen LogP contribution in [0.2, 0.25) is 0 Å². The van der Waals surface area contributed by atoms with Crippen LogP contribution >= 0.6 is 12.2 Å². The molecule has 0 aliphatic rings. The maximum atomic E-state index is 12.4. The van der Waals surface area contributed by atoms with Gasteiger partial charge in [0.1, 0.15) is 5.75 Å². The van der Waals surface area contributed by atoms with Crippen LogP contribution in [0.3, 0.4) is 0 Å². The van der Waals surface area contributed by atoms with Gasteiger partial charge in [0.25, 0.3) is 5.91 Å². The standard InChI is InChI=1S/C23H23N3O3S/c1-2-14-29-20-13-6-5-12-19(20)22(28)25-26-23(30)24-21(27)15-17-10-7-9-16-8-3-4-11-18(16)17/h3-13H,2,14-15H2,1H3,(H,25,28)(H2,24,26,27,30). The summed E-state index contributed by atoms with van der Waals surface area (Å²) in [6.45, 7) is 2.50. The van der Waals surface area contributed by atoms with Crippen molar-refractivity contribution in [1.29, 1.82) is 0 Å². The minimum atomic E-state index is -0.410. The molecule has 154 valence electrons. The van der Waals surface area contributed by atoms with E-state index >= 15 is 0 Å². The molecule has 0 radical (unpaired) electrons. The fourth-order valence-corrected chi connectivity index (χ4v) is 3.16. The Kier molecular flexibility index (Phi) is 7.34. The molecular weight excluding hydrogens is 398 g/mol. The maximum absolute atomic E-state index is 12.4. The molecule has 3 aromatic carbocycles. The van der Waals surface area contributed by atoms with Crippen molar-refractivity contribution in [2.75, 3.05) is 6.61 Å². The molecule has 0 bridgehead atoms. The summed E-state index contributed by atoms with van der Waals surface area (Å²) in [5, 5.41) is 4.69. The highest BCUT2D eigenvalue weighted by molar-refractivity contribution is 7.80. The van der Waals surface area contributed by atoms with Gasteiger partial charge in [-0.15, -0.1) is 0 Å². The molecule has 0 aliphatic carbocycles. The number of fused-ring (bicyclic) bond motifs is 1. The van der Waals surface area contributed by atoms with E-state index in [-0.39, 0.29) is 17.4 Å². The number of hydrogen-bond donors (Lipinski definition) is 3. The summed E-state index contributed by atoms with van der Waals surface area (Å²) in [6, 6.07) is 20.6. The first-order valence-corrected chi connectivity index (χ1v) is 10.1. The third-order valence-corrected chi connectivity index (χ3v) is 4.57. The van der Waals surface area contributed by atoms with Crippen molar-refractivity contribution < 1.29 is 14.3 Å². The first-order chi connectivity index (χ1) is 14.6. The summed E-state index contributed by atoms with van der Waals surface area (Å²) in [5.74, 6) is -0.193. The zero-order valence-electron chi connectivity index (χ0n) is 16.6. The predicted molar refractivity (Wildman–Crippen MR) is 121 cm³/mol. The molecule has 0 fully saturated rings. The van der Waals surface area contributed by atoms with Gasteiger partial charge in [0.2, 0.25) is 5.91 Å². The van der Waals surface area contributed by atoms with Crippen molar-refractivity contribution in [2.45, 2.75) is 19.8 Å². The smallest absolute Gasteiger partial charge is 0.273 e. The summed E-state index contributed by atoms with van der Waals surface area (Å²) in [7, 11) is 0. The van der Waals surface area contributed by atoms with Gasteiger partial charge < -0.3 is 10.1 Å². The Hall–Kier alpha value is -3.45. The van der Waals surface area contributed by atoms with Gasteiger partial charge in [0.15, 0.2) is 5.11 Å². The van der Waals surface area contributed by atoms with E-state index in [2.05, 4.69) is 16.2 Å². The molecule has 3 rings (SSSR count). The molecule has 0 aliphatic heterocycles. The van der Waals surface area contributed by atoms with Crippen LogP contribution in [0.4, 0.5) is 0 Å². The first kappa shape index (κ1) is 21.3. The van der Waals surface area contributed by atoms with Crippen LogP contribution < -0.4 is 20.9 Å². The number of carbonyl (C=O) groups is 2. The average Bonchev–Trinajstić information content (AvgIpc) is 2.76. The van der Waals surface area contributed by atoms with E-state index in [1.807, 2.05) is 49.4 Å². The highest BCUT2D eigenvalue weighted by Gasteiger charge is 2.13. The summed E-state index contributed by atoms with van der Waals surface area (Å²) >= 11 is 5.12. The monoisotopic (exact) mass is 421 g/mol. The second-order valence-corrected chi connectivity index (χ2v) is 7.02. The van der Waals surface area contributed by atoms with Crippen LogP contribution in [0.25, 0.3) is 10.8 Å². The van der Waals surface area contributed by atoms with E-state index in [0.717, 1.165) is 22.8 Å². The summed E-state index contributed by atoms with van der Waals surface area (Å²) < 4.78 is 5.59. The third-order valence-electron chi connectivity index (χ3n) is 4.37. The number of benzene rings is 3. The molecule has 0 saturated carbocycles. The summed E-state index contributed by atoms with van der Waals surface area (Å²) in [4.78, 5) is 24.8. The Bertz CT molecular complexity index is 1060. The number of hydrazine groups is 1. The molecule has 6 nitrogen and oxygen atoms in total. The maximum Gasteiger partial charge on any atom is 0.273 e. The van der Waals surface area contributed by atoms with Gasteiger partial charge in [-0.25, -0.2) is 0 Å². The van der Waals surface area contributed by atoms with Crippen LogP contribution in [0, 0.1) is 0 Å². The number of thiocarbonyl (C=S) groups is 1. The Morgan fingerprint density at radius 1 is 0.933 bits per heavy atom. The second-order valence-electron chi connectivity index (χ2n) is 6.62. The molecule has 0 unspecified atom stereocenters. The van der Waals surface area contributed by atoms with E-state index in [1.165, 1.54) is 0 Å². The number of ether oxygens (including phenoxy) is 1. The van der Waals surface area contributed by atoms with Crippen molar-refractivity contribution in [3.63, 3.8) is 0 Å². The summed E-state index contributed by atoms with van der Waals surface area (Å²) in [5.41, 5.74) is 6.33. The van der Waals surface area contributed by atoms with Crippen molar-refractivity contribution >= 4 is 39.9 Å². The molecule has 0 atom stereocenters. The predicted octanol–water partition coefficient (Wildman–Crippen LogP) is 3.51. The zero-order valence-corrected chi connectivity index (χ0v) is 17.4. The number of amides is 2. The molecule has 0 heterocycles. The van der Waals surface area contributed by atoms with E-state index in [0.29, 0.717) is 17.9 Å². The Balaban J connectivity index is 1.54. The van der Waals surface area contributed by atoms with Crippen molar-refractivity contribution in [2.24, 2.45) is 0 Å². The fourth-order valence-electron chi connectivity index (χ4n) is 2.99. The first-order valence-electron chi connectivity index (χ1n) is 9.67. The second kappa shape index (κ2) is 10.4. The molecule has 0 saturated heterocycles. The van der Waals surface area contributed by atoms with E-state index in [4.69, 9.17) is 17.0 Å². The largest absolute Gasteiger partial charge is 0.493 e. The van der Waals surface area contributed by atoms with Gasteiger partial charge in [-0.1, -0.05) is 61.5 Å². The lowest BCUT2D eigenvalue weighted by molar-refractivity contribution is -0.119. The zero-order chi connectivity index (χ0) is 21.3. The van der Waals surface area contributed by atoms with Gasteiger partial charge in [0, 0.05) is 0 Å². The van der Waals surface area contributed by atoms with Crippen LogP contribution in [0.15, 0.2) is 66.7 Å².